The topological polar surface area (TPSA) is 169 Å². The third-order valence-corrected chi connectivity index (χ3v) is 8.80. The van der Waals surface area contributed by atoms with Crippen LogP contribution in [-0.2, 0) is 41.3 Å². The highest BCUT2D eigenvalue weighted by molar-refractivity contribution is 6.51. The first-order valence-electron chi connectivity index (χ1n) is 21.2. The Morgan fingerprint density at radius 3 is 2.17 bits per heavy atom. The Labute approximate surface area is 327 Å². The molecule has 2 aromatic carbocycles. The smallest absolute Gasteiger partial charge is 0.497 e. The Morgan fingerprint density at radius 2 is 1.54 bits per heavy atom. The molecule has 288 valence electrons. The van der Waals surface area contributed by atoms with E-state index >= 15 is 0 Å². The highest BCUT2D eigenvalue weighted by Crippen LogP contribution is 2.18. The van der Waals surface area contributed by atoms with Gasteiger partial charge in [-0.15, -0.1) is 0 Å². The van der Waals surface area contributed by atoms with Crippen LogP contribution < -0.4 is 16.0 Å². The van der Waals surface area contributed by atoms with Crippen LogP contribution in [0.3, 0.4) is 0 Å². The van der Waals surface area contributed by atoms with E-state index in [0.29, 0.717) is 37.1 Å². The second-order valence-corrected chi connectivity index (χ2v) is 13.8. The monoisotopic (exact) mass is 746 g/mol. The molecule has 3 aromatic rings. The average Bonchev–Trinajstić information content (AvgIpc) is 3.17. The summed E-state index contributed by atoms with van der Waals surface area (Å²) >= 11 is 0. The minimum absolute atomic E-state index is 0.0152. The lowest BCUT2D eigenvalue weighted by atomic mass is 9.73. The summed E-state index contributed by atoms with van der Waals surface area (Å²) in [5.74, 6) is -5.72. The van der Waals surface area contributed by atoms with E-state index in [9.17, 15) is 24.0 Å². The number of amides is 3. The third kappa shape index (κ3) is 13.7. The molecule has 0 saturated carbocycles. The van der Waals surface area contributed by atoms with E-state index in [1.807, 2.05) is 44.2 Å². The molecule has 1 aromatic heterocycles. The van der Waals surface area contributed by atoms with E-state index in [4.69, 9.17) is 17.5 Å². The fourth-order valence-corrected chi connectivity index (χ4v) is 5.99. The molecule has 1 fully saturated rings. The van der Waals surface area contributed by atoms with Crippen LogP contribution in [0.5, 0.6) is 0 Å². The molecule has 0 aliphatic carbocycles. The van der Waals surface area contributed by atoms with Gasteiger partial charge in [-0.2, -0.15) is 0 Å². The normalized spacial score (nSPS) is 17.5. The highest BCUT2D eigenvalue weighted by Gasteiger charge is 2.42. The van der Waals surface area contributed by atoms with Crippen molar-refractivity contribution in [1.29, 1.82) is 0 Å². The third-order valence-electron chi connectivity index (χ3n) is 8.80. The van der Waals surface area contributed by atoms with Gasteiger partial charge in [0, 0.05) is 33.6 Å². The molecular weight excluding hydrogens is 687 g/mol. The quantitative estimate of drug-likeness (QED) is 0.129. The van der Waals surface area contributed by atoms with Gasteiger partial charge in [0.05, 0.1) is 31.1 Å². The van der Waals surface area contributed by atoms with Crippen molar-refractivity contribution < 1.29 is 41.5 Å². The minimum Gasteiger partial charge on any atom is -0.497 e. The molecular formula is C40H53BN6O7. The van der Waals surface area contributed by atoms with Gasteiger partial charge >= 0.3 is 19.1 Å². The van der Waals surface area contributed by atoms with Gasteiger partial charge in [-0.1, -0.05) is 82.1 Å². The Bertz CT molecular complexity index is 1860. The number of aromatic nitrogens is 2. The Hall–Kier alpha value is -5.11. The summed E-state index contributed by atoms with van der Waals surface area (Å²) < 4.78 is 57.1. The van der Waals surface area contributed by atoms with E-state index in [0.717, 1.165) is 5.56 Å². The second-order valence-electron chi connectivity index (χ2n) is 13.8. The molecule has 0 radical (unpaired) electrons. The number of carbonyl (C=O) groups excluding carboxylic acids is 5. The van der Waals surface area contributed by atoms with Crippen LogP contribution in [0.15, 0.2) is 73.2 Å². The van der Waals surface area contributed by atoms with Crippen molar-refractivity contribution in [2.75, 3.05) is 26.2 Å². The van der Waals surface area contributed by atoms with Crippen LogP contribution in [0.1, 0.15) is 95.1 Å². The van der Waals surface area contributed by atoms with Crippen LogP contribution in [0.25, 0.3) is 0 Å². The van der Waals surface area contributed by atoms with Crippen molar-refractivity contribution in [2.45, 2.75) is 84.5 Å². The zero-order valence-electron chi connectivity index (χ0n) is 37.0. The maximum absolute atomic E-state index is 13.8. The molecule has 0 unspecified atom stereocenters. The van der Waals surface area contributed by atoms with Gasteiger partial charge in [-0.25, -0.2) is 4.98 Å². The first-order valence-corrected chi connectivity index (χ1v) is 18.2. The van der Waals surface area contributed by atoms with E-state index < -0.39 is 68.4 Å². The fraction of sp³-hybridized carbons (Fsp3) is 0.475. The average molecular weight is 747 g/mol. The molecule has 0 bridgehead atoms. The SMILES string of the molecule is [2H]C([2H])([2H])C(Cc1ccc([C@H](C)C(=O)NCCCCN2CC(=O)OB([C@H](CC(C)C)NC(=O)[C@H](Cc3ccccc3)NC(=O)c3cnccn3)OC(=O)C2)cc1)C([2H])([2H])[2H]. The van der Waals surface area contributed by atoms with E-state index in [-0.39, 0.29) is 49.9 Å². The molecule has 3 amide bonds. The van der Waals surface area contributed by atoms with Gasteiger partial charge in [0.25, 0.3) is 5.91 Å². The summed E-state index contributed by atoms with van der Waals surface area (Å²) in [6.45, 7) is 0.468. The van der Waals surface area contributed by atoms with Crippen LogP contribution in [0.4, 0.5) is 0 Å². The summed E-state index contributed by atoms with van der Waals surface area (Å²) in [5, 5.41) is 8.46. The van der Waals surface area contributed by atoms with Crippen molar-refractivity contribution >= 4 is 36.8 Å². The summed E-state index contributed by atoms with van der Waals surface area (Å²) in [5.41, 5.74) is 2.03. The molecule has 1 aliphatic rings. The van der Waals surface area contributed by atoms with Crippen molar-refractivity contribution in [3.8, 4) is 0 Å². The van der Waals surface area contributed by atoms with Gasteiger partial charge in [-0.05, 0) is 67.7 Å². The number of rotatable bonds is 18. The Kier molecular flexibility index (Phi) is 13.0. The first kappa shape index (κ1) is 33.5. The summed E-state index contributed by atoms with van der Waals surface area (Å²) in [6, 6.07) is 14.7. The van der Waals surface area contributed by atoms with Gasteiger partial charge in [0.2, 0.25) is 11.8 Å². The Balaban J connectivity index is 1.28. The summed E-state index contributed by atoms with van der Waals surface area (Å²) in [7, 11) is -1.42. The molecule has 54 heavy (non-hydrogen) atoms. The highest BCUT2D eigenvalue weighted by atomic mass is 16.6. The maximum atomic E-state index is 13.8. The van der Waals surface area contributed by atoms with Gasteiger partial charge in [0.15, 0.2) is 0 Å². The Morgan fingerprint density at radius 1 is 0.852 bits per heavy atom. The predicted molar refractivity (Wildman–Crippen MR) is 205 cm³/mol. The van der Waals surface area contributed by atoms with Crippen LogP contribution >= 0.6 is 0 Å². The maximum Gasteiger partial charge on any atom is 0.622 e. The lowest BCUT2D eigenvalue weighted by Gasteiger charge is -2.30. The number of carbonyl (C=O) groups is 5. The van der Waals surface area contributed by atoms with Crippen molar-refractivity contribution in [3.05, 3.63) is 95.6 Å². The zero-order valence-corrected chi connectivity index (χ0v) is 31.0. The lowest BCUT2D eigenvalue weighted by molar-refractivity contribution is -0.147. The molecule has 3 N–H and O–H groups in total. The largest absolute Gasteiger partial charge is 0.622 e. The molecule has 4 rings (SSSR count). The molecule has 2 heterocycles. The summed E-state index contributed by atoms with van der Waals surface area (Å²) in [6.07, 6.45) is 5.40. The van der Waals surface area contributed by atoms with Crippen LogP contribution in [-0.4, -0.2) is 89.8 Å². The zero-order chi connectivity index (χ0) is 44.0. The van der Waals surface area contributed by atoms with Crippen LogP contribution in [0, 0.1) is 11.8 Å². The molecule has 1 aliphatic heterocycles. The lowest BCUT2D eigenvalue weighted by Crippen LogP contribution is -2.58. The molecule has 1 saturated heterocycles. The molecule has 14 heteroatoms. The van der Waals surface area contributed by atoms with Gasteiger partial charge in [0.1, 0.15) is 11.7 Å². The molecule has 0 spiro atoms. The minimum atomic E-state index is -2.64. The standard InChI is InChI=1S/C40H53BN6O7/c1-27(2)21-31-13-15-32(16-14-31)29(5)38(50)44-17-9-10-20-47-25-36(48)53-41(54-37(49)26-47)35(22-28(3)4)46-39(51)33(23-30-11-7-6-8-12-30)45-40(52)34-24-42-18-19-43-34/h6-8,11-16,18-19,24,27-29,33,35H,9-10,17,20-23,25-26H2,1-5H3,(H,44,50)(H,45,52)(H,46,51)/t29-,33-,35-/m0/s1/i1D3,2D3. The van der Waals surface area contributed by atoms with Crippen molar-refractivity contribution in [2.24, 2.45) is 11.8 Å². The summed E-state index contributed by atoms with van der Waals surface area (Å²) in [4.78, 5) is 75.5. The fourth-order valence-electron chi connectivity index (χ4n) is 5.99. The van der Waals surface area contributed by atoms with Crippen molar-refractivity contribution in [1.82, 2.24) is 30.8 Å². The van der Waals surface area contributed by atoms with E-state index in [2.05, 4.69) is 25.9 Å². The first-order chi connectivity index (χ1) is 28.3. The van der Waals surface area contributed by atoms with Gasteiger partial charge < -0.3 is 25.3 Å². The number of hydrogen-bond acceptors (Lipinski definition) is 10. The number of nitrogens with one attached hydrogen (secondary N) is 3. The predicted octanol–water partition coefficient (Wildman–Crippen LogP) is 3.68. The molecule has 3 atom stereocenters. The van der Waals surface area contributed by atoms with Crippen molar-refractivity contribution in [3.63, 3.8) is 0 Å². The molecule has 13 nitrogen and oxygen atoms in total. The van der Waals surface area contributed by atoms with E-state index in [1.165, 1.54) is 18.6 Å². The number of benzene rings is 2. The number of nitrogens with zero attached hydrogens (tertiary/aromatic N) is 3. The van der Waals surface area contributed by atoms with Crippen LogP contribution in [0.2, 0.25) is 0 Å². The number of hydrogen-bond donors (Lipinski definition) is 3. The second kappa shape index (κ2) is 21.0. The van der Waals surface area contributed by atoms with E-state index in [1.54, 1.807) is 36.1 Å². The van der Waals surface area contributed by atoms with Gasteiger partial charge in [-0.3, -0.25) is 33.9 Å². The number of unbranched alkanes of at least 4 members (excludes halogenated alkanes) is 1.